The van der Waals surface area contributed by atoms with E-state index >= 15 is 0 Å². The van der Waals surface area contributed by atoms with Crippen LogP contribution in [-0.2, 0) is 14.3 Å². The second-order valence-electron chi connectivity index (χ2n) is 3.50. The molecule has 0 aromatic heterocycles. The minimum Gasteiger partial charge on any atom is -0.469 e. The molecule has 18 heavy (non-hydrogen) atoms. The lowest BCUT2D eigenvalue weighted by Gasteiger charge is -2.00. The second-order valence-corrected chi connectivity index (χ2v) is 3.94. The zero-order chi connectivity index (χ0) is 13.4. The average Bonchev–Trinajstić information content (AvgIpc) is 2.38. The molecular formula is C13H14ClNO3. The van der Waals surface area contributed by atoms with Gasteiger partial charge in [0.2, 0.25) is 5.91 Å². The second kappa shape index (κ2) is 7.50. The fourth-order valence-electron chi connectivity index (χ4n) is 1.19. The first-order valence-electron chi connectivity index (χ1n) is 5.40. The van der Waals surface area contributed by atoms with Gasteiger partial charge in [0.25, 0.3) is 0 Å². The lowest BCUT2D eigenvalue weighted by atomic mass is 10.2. The van der Waals surface area contributed by atoms with Gasteiger partial charge in [-0.15, -0.1) is 0 Å². The number of ether oxygens (including phenoxy) is 1. The van der Waals surface area contributed by atoms with Crippen molar-refractivity contribution >= 4 is 29.6 Å². The highest BCUT2D eigenvalue weighted by Gasteiger charge is 2.00. The molecule has 0 atom stereocenters. The maximum absolute atomic E-state index is 11.4. The molecule has 1 rings (SSSR count). The number of methoxy groups -OCH3 is 1. The molecular weight excluding hydrogens is 254 g/mol. The van der Waals surface area contributed by atoms with Crippen LogP contribution in [0.25, 0.3) is 6.08 Å². The SMILES string of the molecule is COC(=O)CCNC(=O)/C=C\c1ccc(Cl)cc1. The Morgan fingerprint density at radius 1 is 1.33 bits per heavy atom. The molecule has 0 aliphatic heterocycles. The first-order valence-corrected chi connectivity index (χ1v) is 5.78. The number of amides is 1. The van der Waals surface area contributed by atoms with Gasteiger partial charge < -0.3 is 10.1 Å². The Bertz CT molecular complexity index is 440. The molecule has 5 heteroatoms. The van der Waals surface area contributed by atoms with Crippen molar-refractivity contribution in [2.45, 2.75) is 6.42 Å². The predicted octanol–water partition coefficient (Wildman–Crippen LogP) is 2.03. The van der Waals surface area contributed by atoms with Crippen LogP contribution in [0.15, 0.2) is 30.3 Å². The first-order chi connectivity index (χ1) is 8.61. The van der Waals surface area contributed by atoms with E-state index in [2.05, 4.69) is 10.1 Å². The van der Waals surface area contributed by atoms with Crippen LogP contribution >= 0.6 is 11.6 Å². The smallest absolute Gasteiger partial charge is 0.307 e. The average molecular weight is 268 g/mol. The summed E-state index contributed by atoms with van der Waals surface area (Å²) in [6, 6.07) is 7.11. The molecule has 1 aromatic carbocycles. The van der Waals surface area contributed by atoms with Crippen LogP contribution in [0.5, 0.6) is 0 Å². The van der Waals surface area contributed by atoms with Crippen molar-refractivity contribution in [2.75, 3.05) is 13.7 Å². The minimum atomic E-state index is -0.350. The van der Waals surface area contributed by atoms with E-state index in [4.69, 9.17) is 11.6 Å². The Labute approximate surface area is 111 Å². The molecule has 96 valence electrons. The monoisotopic (exact) mass is 267 g/mol. The van der Waals surface area contributed by atoms with Crippen molar-refractivity contribution in [3.8, 4) is 0 Å². The topological polar surface area (TPSA) is 55.4 Å². The van der Waals surface area contributed by atoms with Gasteiger partial charge in [0.1, 0.15) is 0 Å². The minimum absolute atomic E-state index is 0.164. The van der Waals surface area contributed by atoms with Crippen LogP contribution in [0, 0.1) is 0 Å². The van der Waals surface area contributed by atoms with E-state index in [-0.39, 0.29) is 24.8 Å². The van der Waals surface area contributed by atoms with Crippen LogP contribution in [0.3, 0.4) is 0 Å². The fourth-order valence-corrected chi connectivity index (χ4v) is 1.32. The Kier molecular flexibility index (Phi) is 5.94. The van der Waals surface area contributed by atoms with Crippen LogP contribution in [0.4, 0.5) is 0 Å². The van der Waals surface area contributed by atoms with Crippen molar-refractivity contribution in [3.63, 3.8) is 0 Å². The molecule has 0 fully saturated rings. The van der Waals surface area contributed by atoms with Crippen LogP contribution in [0.2, 0.25) is 5.02 Å². The largest absolute Gasteiger partial charge is 0.469 e. The van der Waals surface area contributed by atoms with E-state index in [1.165, 1.54) is 13.2 Å². The molecule has 1 amide bonds. The summed E-state index contributed by atoms with van der Waals surface area (Å²) in [6.07, 6.45) is 3.24. The van der Waals surface area contributed by atoms with E-state index in [0.717, 1.165) is 5.56 Å². The highest BCUT2D eigenvalue weighted by Crippen LogP contribution is 2.10. The van der Waals surface area contributed by atoms with Crippen molar-refractivity contribution in [2.24, 2.45) is 0 Å². The van der Waals surface area contributed by atoms with Gasteiger partial charge in [-0.3, -0.25) is 9.59 Å². The number of carbonyl (C=O) groups is 2. The number of hydrogen-bond acceptors (Lipinski definition) is 3. The fraction of sp³-hybridized carbons (Fsp3) is 0.231. The lowest BCUT2D eigenvalue weighted by molar-refractivity contribution is -0.140. The summed E-state index contributed by atoms with van der Waals surface area (Å²) in [4.78, 5) is 22.2. The van der Waals surface area contributed by atoms with E-state index in [0.29, 0.717) is 5.02 Å². The van der Waals surface area contributed by atoms with Gasteiger partial charge in [-0.25, -0.2) is 0 Å². The van der Waals surface area contributed by atoms with Crippen LogP contribution < -0.4 is 5.32 Å². The van der Waals surface area contributed by atoms with Crippen LogP contribution in [0.1, 0.15) is 12.0 Å². The molecule has 1 N–H and O–H groups in total. The molecule has 0 aliphatic rings. The molecule has 1 aromatic rings. The van der Waals surface area contributed by atoms with Crippen molar-refractivity contribution in [1.29, 1.82) is 0 Å². The third kappa shape index (κ3) is 5.50. The van der Waals surface area contributed by atoms with Gasteiger partial charge in [0.05, 0.1) is 13.5 Å². The molecule has 4 nitrogen and oxygen atoms in total. The van der Waals surface area contributed by atoms with Gasteiger partial charge in [-0.05, 0) is 23.8 Å². The van der Waals surface area contributed by atoms with E-state index < -0.39 is 0 Å². The highest BCUT2D eigenvalue weighted by atomic mass is 35.5. The third-order valence-electron chi connectivity index (χ3n) is 2.15. The number of benzene rings is 1. The van der Waals surface area contributed by atoms with Crippen LogP contribution in [-0.4, -0.2) is 25.5 Å². The van der Waals surface area contributed by atoms with Gasteiger partial charge in [-0.2, -0.15) is 0 Å². The van der Waals surface area contributed by atoms with Gasteiger partial charge >= 0.3 is 5.97 Å². The van der Waals surface area contributed by atoms with Gasteiger partial charge in [0.15, 0.2) is 0 Å². The van der Waals surface area contributed by atoms with Gasteiger partial charge in [-0.1, -0.05) is 23.7 Å². The first kappa shape index (κ1) is 14.3. The van der Waals surface area contributed by atoms with E-state index in [1.807, 2.05) is 0 Å². The summed E-state index contributed by atoms with van der Waals surface area (Å²) in [5.74, 6) is -0.606. The third-order valence-corrected chi connectivity index (χ3v) is 2.41. The summed E-state index contributed by atoms with van der Waals surface area (Å²) in [5.41, 5.74) is 0.877. The molecule has 0 bridgehead atoms. The molecule has 0 radical (unpaired) electrons. The Balaban J connectivity index is 2.35. The number of hydrogen-bond donors (Lipinski definition) is 1. The number of esters is 1. The summed E-state index contributed by atoms with van der Waals surface area (Å²) in [5, 5.41) is 3.22. The normalized spacial score (nSPS) is 10.3. The summed E-state index contributed by atoms with van der Waals surface area (Å²) < 4.78 is 4.45. The molecule has 0 unspecified atom stereocenters. The summed E-state index contributed by atoms with van der Waals surface area (Å²) in [6.45, 7) is 0.260. The maximum atomic E-state index is 11.4. The zero-order valence-corrected chi connectivity index (χ0v) is 10.7. The predicted molar refractivity (Wildman–Crippen MR) is 70.1 cm³/mol. The quantitative estimate of drug-likeness (QED) is 0.656. The number of halogens is 1. The Hall–Kier alpha value is -1.81. The maximum Gasteiger partial charge on any atom is 0.307 e. The van der Waals surface area contributed by atoms with E-state index in [9.17, 15) is 9.59 Å². The van der Waals surface area contributed by atoms with Gasteiger partial charge in [0, 0.05) is 17.6 Å². The summed E-state index contributed by atoms with van der Waals surface area (Å²) in [7, 11) is 1.31. The standard InChI is InChI=1S/C13H14ClNO3/c1-18-13(17)8-9-15-12(16)7-4-10-2-5-11(14)6-3-10/h2-7H,8-9H2,1H3,(H,15,16)/b7-4-. The Morgan fingerprint density at radius 2 is 2.00 bits per heavy atom. The highest BCUT2D eigenvalue weighted by molar-refractivity contribution is 6.30. The van der Waals surface area contributed by atoms with Crippen molar-refractivity contribution < 1.29 is 14.3 Å². The molecule has 0 saturated carbocycles. The number of nitrogens with one attached hydrogen (secondary N) is 1. The molecule has 0 heterocycles. The molecule has 0 spiro atoms. The zero-order valence-electron chi connectivity index (χ0n) is 9.98. The van der Waals surface area contributed by atoms with Crippen molar-refractivity contribution in [1.82, 2.24) is 5.32 Å². The molecule has 0 aliphatic carbocycles. The van der Waals surface area contributed by atoms with Crippen molar-refractivity contribution in [3.05, 3.63) is 40.9 Å². The number of carbonyl (C=O) groups excluding carboxylic acids is 2. The van der Waals surface area contributed by atoms with E-state index in [1.54, 1.807) is 30.3 Å². The summed E-state index contributed by atoms with van der Waals surface area (Å²) >= 11 is 5.74. The Morgan fingerprint density at radius 3 is 2.61 bits per heavy atom. The number of rotatable bonds is 5. The lowest BCUT2D eigenvalue weighted by Crippen LogP contribution is -2.24. The molecule has 0 saturated heterocycles.